The van der Waals surface area contributed by atoms with E-state index in [-0.39, 0.29) is 18.8 Å². The Kier molecular flexibility index (Phi) is 10.3. The van der Waals surface area contributed by atoms with Gasteiger partial charge in [0.1, 0.15) is 6.10 Å². The van der Waals surface area contributed by atoms with Crippen LogP contribution in [0, 0.1) is 46.3 Å². The number of alkyl carbamates (subject to hydrolysis) is 1. The molecule has 4 aliphatic carbocycles. The molecule has 0 aromatic heterocycles. The number of hydrogen-bond acceptors (Lipinski definition) is 3. The maximum Gasteiger partial charge on any atom is 0.407 e. The molecule has 2 N–H and O–H groups in total. The number of amides is 1. The van der Waals surface area contributed by atoms with Gasteiger partial charge in [0.15, 0.2) is 0 Å². The van der Waals surface area contributed by atoms with Crippen molar-refractivity contribution in [3.63, 3.8) is 0 Å². The van der Waals surface area contributed by atoms with Gasteiger partial charge in [0.05, 0.1) is 0 Å². The van der Waals surface area contributed by atoms with Crippen LogP contribution in [0.5, 0.6) is 0 Å². The van der Waals surface area contributed by atoms with E-state index in [0.717, 1.165) is 80.5 Å². The van der Waals surface area contributed by atoms with E-state index in [2.05, 4.69) is 46.0 Å². The molecule has 0 heterocycles. The third kappa shape index (κ3) is 6.47. The van der Waals surface area contributed by atoms with Gasteiger partial charge in [0.2, 0.25) is 0 Å². The van der Waals surface area contributed by atoms with Crippen molar-refractivity contribution in [2.24, 2.45) is 46.3 Å². The van der Waals surface area contributed by atoms with E-state index < -0.39 is 0 Å². The summed E-state index contributed by atoms with van der Waals surface area (Å²) in [5.74, 6) is 5.16. The van der Waals surface area contributed by atoms with Gasteiger partial charge in [-0.05, 0) is 104 Å². The maximum atomic E-state index is 12.4. The Morgan fingerprint density at radius 1 is 1.00 bits per heavy atom. The van der Waals surface area contributed by atoms with Crippen molar-refractivity contribution >= 4 is 6.09 Å². The lowest BCUT2D eigenvalue weighted by Gasteiger charge is -2.58. The second kappa shape index (κ2) is 13.1. The number of allylic oxidation sites excluding steroid dienone is 1. The third-order valence-corrected chi connectivity index (χ3v) is 11.9. The highest BCUT2D eigenvalue weighted by atomic mass is 16.6. The van der Waals surface area contributed by atoms with Crippen LogP contribution in [0.4, 0.5) is 4.79 Å². The topological polar surface area (TPSA) is 58.6 Å². The Morgan fingerprint density at radius 3 is 2.55 bits per heavy atom. The van der Waals surface area contributed by atoms with Gasteiger partial charge in [0.25, 0.3) is 0 Å². The molecule has 0 spiro atoms. The number of unbranched alkanes of at least 4 members (excludes halogenated alkanes) is 3. The minimum Gasteiger partial charge on any atom is -0.446 e. The number of aliphatic hydroxyl groups excluding tert-OH is 1. The molecule has 38 heavy (non-hydrogen) atoms. The van der Waals surface area contributed by atoms with E-state index in [1.807, 2.05) is 0 Å². The number of nitrogens with one attached hydrogen (secondary N) is 1. The van der Waals surface area contributed by atoms with E-state index in [1.54, 1.807) is 5.57 Å². The highest BCUT2D eigenvalue weighted by Crippen LogP contribution is 2.67. The second-order valence-corrected chi connectivity index (χ2v) is 14.6. The highest BCUT2D eigenvalue weighted by Gasteiger charge is 2.59. The minimum atomic E-state index is -0.247. The highest BCUT2D eigenvalue weighted by molar-refractivity contribution is 5.67. The molecule has 4 unspecified atom stereocenters. The zero-order valence-electron chi connectivity index (χ0n) is 25.4. The number of rotatable bonds is 12. The fraction of sp³-hybridized carbons (Fsp3) is 0.912. The molecular formula is C34H59NO3. The molecule has 4 nitrogen and oxygen atoms in total. The van der Waals surface area contributed by atoms with Crippen molar-refractivity contribution in [1.29, 1.82) is 0 Å². The summed E-state index contributed by atoms with van der Waals surface area (Å²) in [7, 11) is 0. The van der Waals surface area contributed by atoms with Crippen LogP contribution in [0.1, 0.15) is 131 Å². The first-order valence-corrected chi connectivity index (χ1v) is 16.4. The summed E-state index contributed by atoms with van der Waals surface area (Å²) in [4.78, 5) is 12.4. The van der Waals surface area contributed by atoms with Crippen LogP contribution in [0.15, 0.2) is 11.6 Å². The molecule has 3 fully saturated rings. The molecule has 0 bridgehead atoms. The summed E-state index contributed by atoms with van der Waals surface area (Å²) >= 11 is 0. The Balaban J connectivity index is 1.31. The van der Waals surface area contributed by atoms with E-state index >= 15 is 0 Å². The van der Waals surface area contributed by atoms with E-state index in [9.17, 15) is 4.79 Å². The van der Waals surface area contributed by atoms with Crippen LogP contribution >= 0.6 is 0 Å². The summed E-state index contributed by atoms with van der Waals surface area (Å²) < 4.78 is 5.89. The number of hydrogen-bond donors (Lipinski definition) is 2. The van der Waals surface area contributed by atoms with Crippen LogP contribution in [0.2, 0.25) is 0 Å². The first-order chi connectivity index (χ1) is 18.2. The predicted molar refractivity (Wildman–Crippen MR) is 157 cm³/mol. The molecule has 0 radical (unpaired) electrons. The smallest absolute Gasteiger partial charge is 0.407 e. The van der Waals surface area contributed by atoms with Crippen molar-refractivity contribution in [2.75, 3.05) is 13.2 Å². The molecule has 0 aromatic carbocycles. The summed E-state index contributed by atoms with van der Waals surface area (Å²) in [5, 5.41) is 11.8. The molecule has 3 saturated carbocycles. The van der Waals surface area contributed by atoms with Gasteiger partial charge >= 0.3 is 6.09 Å². The molecule has 218 valence electrons. The van der Waals surface area contributed by atoms with Crippen LogP contribution in [-0.2, 0) is 4.74 Å². The molecule has 0 aliphatic heterocycles. The standard InChI is InChI=1S/C34H59NO3/c1-24(2)11-10-12-25(3)29-15-16-30-28-14-13-26-23-27(38-32(37)35-21-8-6-7-9-22-36)17-19-33(26,4)31(28)18-20-34(29,30)5/h13,24-25,27-31,36H,6-12,14-23H2,1-5H3,(H,35,37)/t25-,27?,28?,29-,30?,31?,33+,34-/m1/s1. The molecule has 1 amide bonds. The number of ether oxygens (including phenoxy) is 1. The van der Waals surface area contributed by atoms with Crippen LogP contribution in [0.25, 0.3) is 0 Å². The average Bonchev–Trinajstić information content (AvgIpc) is 3.23. The van der Waals surface area contributed by atoms with E-state index in [0.29, 0.717) is 17.4 Å². The monoisotopic (exact) mass is 529 g/mol. The lowest BCUT2D eigenvalue weighted by molar-refractivity contribution is -0.0581. The van der Waals surface area contributed by atoms with Crippen molar-refractivity contribution in [3.8, 4) is 0 Å². The predicted octanol–water partition coefficient (Wildman–Crippen LogP) is 8.68. The van der Waals surface area contributed by atoms with Gasteiger partial charge < -0.3 is 15.2 Å². The van der Waals surface area contributed by atoms with Crippen molar-refractivity contribution < 1.29 is 14.6 Å². The minimum absolute atomic E-state index is 0.0247. The Morgan fingerprint density at radius 2 is 1.79 bits per heavy atom. The Bertz CT molecular complexity index is 808. The van der Waals surface area contributed by atoms with Gasteiger partial charge in [-0.25, -0.2) is 4.79 Å². The fourth-order valence-electron chi connectivity index (χ4n) is 9.73. The maximum absolute atomic E-state index is 12.4. The van der Waals surface area contributed by atoms with Crippen LogP contribution in [-0.4, -0.2) is 30.5 Å². The van der Waals surface area contributed by atoms with Crippen molar-refractivity contribution in [1.82, 2.24) is 5.32 Å². The number of carbonyl (C=O) groups excluding carboxylic acids is 1. The normalized spacial score (nSPS) is 37.1. The number of fused-ring (bicyclic) bond motifs is 5. The zero-order chi connectivity index (χ0) is 27.3. The lowest BCUT2D eigenvalue weighted by atomic mass is 9.47. The fourth-order valence-corrected chi connectivity index (χ4v) is 9.73. The quantitative estimate of drug-likeness (QED) is 0.196. The summed E-state index contributed by atoms with van der Waals surface area (Å²) in [6.07, 6.45) is 20.5. The van der Waals surface area contributed by atoms with Crippen LogP contribution < -0.4 is 5.32 Å². The second-order valence-electron chi connectivity index (χ2n) is 14.6. The van der Waals surface area contributed by atoms with E-state index in [1.165, 1.54) is 51.4 Å². The molecule has 4 rings (SSSR count). The van der Waals surface area contributed by atoms with Gasteiger partial charge in [-0.15, -0.1) is 0 Å². The molecular weight excluding hydrogens is 470 g/mol. The summed E-state index contributed by atoms with van der Waals surface area (Å²) in [6, 6.07) is 0. The molecule has 4 heteroatoms. The lowest BCUT2D eigenvalue weighted by Crippen LogP contribution is -2.51. The first-order valence-electron chi connectivity index (χ1n) is 16.4. The number of carbonyl (C=O) groups is 1. The zero-order valence-corrected chi connectivity index (χ0v) is 25.4. The summed E-state index contributed by atoms with van der Waals surface area (Å²) in [6.45, 7) is 13.5. The SMILES string of the molecule is CC(C)CCC[C@@H](C)[C@H]1CCC2C3CC=C4CC(OC(=O)NCCCCCCO)CC[C@]4(C)C3CC[C@@]21C. The van der Waals surface area contributed by atoms with Crippen molar-refractivity contribution in [2.45, 2.75) is 137 Å². The average molecular weight is 530 g/mol. The third-order valence-electron chi connectivity index (χ3n) is 11.9. The van der Waals surface area contributed by atoms with E-state index in [4.69, 9.17) is 9.84 Å². The summed E-state index contributed by atoms with van der Waals surface area (Å²) in [5.41, 5.74) is 2.43. The van der Waals surface area contributed by atoms with Crippen molar-refractivity contribution in [3.05, 3.63) is 11.6 Å². The first kappa shape index (κ1) is 29.9. The molecule has 8 atom stereocenters. The molecule has 0 aromatic rings. The number of aliphatic hydroxyl groups is 1. The Hall–Kier alpha value is -1.03. The van der Waals surface area contributed by atoms with Gasteiger partial charge in [-0.2, -0.15) is 0 Å². The molecule has 4 aliphatic rings. The largest absolute Gasteiger partial charge is 0.446 e. The van der Waals surface area contributed by atoms with Gasteiger partial charge in [-0.3, -0.25) is 0 Å². The van der Waals surface area contributed by atoms with Gasteiger partial charge in [-0.1, -0.05) is 78.4 Å². The Labute approximate surface area is 234 Å². The van der Waals surface area contributed by atoms with Crippen LogP contribution in [0.3, 0.4) is 0 Å². The molecule has 0 saturated heterocycles. The van der Waals surface area contributed by atoms with Gasteiger partial charge in [0, 0.05) is 19.6 Å².